The van der Waals surface area contributed by atoms with Crippen molar-refractivity contribution in [2.75, 3.05) is 33.7 Å². The molecular weight excluding hydrogens is 328 g/mol. The lowest BCUT2D eigenvalue weighted by atomic mass is 9.95. The topological polar surface area (TPSA) is 67.2 Å². The minimum absolute atomic E-state index is 0.0229. The Kier molecular flexibility index (Phi) is 5.98. The Morgan fingerprint density at radius 3 is 2.62 bits per heavy atom. The molecule has 3 rings (SSSR count). The van der Waals surface area contributed by atoms with Gasteiger partial charge >= 0.3 is 0 Å². The summed E-state index contributed by atoms with van der Waals surface area (Å²) in [5, 5.41) is 0. The monoisotopic (exact) mass is 356 g/mol. The predicted molar refractivity (Wildman–Crippen MR) is 100 cm³/mol. The van der Waals surface area contributed by atoms with Gasteiger partial charge < -0.3 is 14.4 Å². The molecule has 7 heteroatoms. The van der Waals surface area contributed by atoms with Crippen LogP contribution in [-0.4, -0.2) is 69.0 Å². The van der Waals surface area contributed by atoms with Crippen LogP contribution in [0.25, 0.3) is 0 Å². The number of carbonyl (C=O) groups is 1. The number of hydrogen-bond acceptors (Lipinski definition) is 5. The van der Waals surface area contributed by atoms with Crippen LogP contribution < -0.4 is 0 Å². The highest BCUT2D eigenvalue weighted by atomic mass is 16.2. The maximum absolute atomic E-state index is 12.6. The number of hydrogen-bond donors (Lipinski definition) is 0. The third-order valence-electron chi connectivity index (χ3n) is 4.90. The maximum Gasteiger partial charge on any atom is 0.274 e. The Labute approximate surface area is 155 Å². The average molecular weight is 356 g/mol. The molecule has 0 saturated carbocycles. The maximum atomic E-state index is 12.6. The second-order valence-electron chi connectivity index (χ2n) is 7.25. The highest BCUT2D eigenvalue weighted by molar-refractivity contribution is 5.92. The van der Waals surface area contributed by atoms with Crippen LogP contribution in [0, 0.1) is 6.92 Å². The van der Waals surface area contributed by atoms with Gasteiger partial charge in [0.2, 0.25) is 0 Å². The van der Waals surface area contributed by atoms with E-state index in [2.05, 4.69) is 44.7 Å². The zero-order chi connectivity index (χ0) is 18.5. The van der Waals surface area contributed by atoms with Crippen LogP contribution in [0.4, 0.5) is 0 Å². The van der Waals surface area contributed by atoms with Crippen molar-refractivity contribution in [2.24, 2.45) is 0 Å². The molecule has 1 aliphatic heterocycles. The number of likely N-dealkylation sites (tertiary alicyclic amines) is 1. The van der Waals surface area contributed by atoms with Crippen molar-refractivity contribution in [1.29, 1.82) is 0 Å². The summed E-state index contributed by atoms with van der Waals surface area (Å²) >= 11 is 0. The summed E-state index contributed by atoms with van der Waals surface area (Å²) in [6.07, 6.45) is 10.2. The first-order chi connectivity index (χ1) is 12.5. The number of nitrogens with zero attached hydrogens (tertiary/aromatic N) is 6. The van der Waals surface area contributed by atoms with Crippen LogP contribution in [0.3, 0.4) is 0 Å². The van der Waals surface area contributed by atoms with Crippen LogP contribution in [0.1, 0.15) is 47.2 Å². The van der Waals surface area contributed by atoms with E-state index in [1.165, 1.54) is 0 Å². The molecule has 0 radical (unpaired) electrons. The van der Waals surface area contributed by atoms with Crippen LogP contribution in [0.5, 0.6) is 0 Å². The Morgan fingerprint density at radius 2 is 1.96 bits per heavy atom. The van der Waals surface area contributed by atoms with E-state index >= 15 is 0 Å². The molecule has 2 aromatic rings. The summed E-state index contributed by atoms with van der Waals surface area (Å²) < 4.78 is 2.27. The van der Waals surface area contributed by atoms with Gasteiger partial charge in [-0.1, -0.05) is 0 Å². The Balaban J connectivity index is 1.56. The fraction of sp³-hybridized carbons (Fsp3) is 0.579. The van der Waals surface area contributed by atoms with Crippen LogP contribution in [0.15, 0.2) is 24.8 Å². The van der Waals surface area contributed by atoms with Crippen molar-refractivity contribution in [3.63, 3.8) is 0 Å². The Morgan fingerprint density at radius 1 is 1.19 bits per heavy atom. The van der Waals surface area contributed by atoms with Gasteiger partial charge in [0.05, 0.1) is 11.9 Å². The molecule has 0 spiro atoms. The molecule has 0 unspecified atom stereocenters. The number of rotatable bonds is 6. The van der Waals surface area contributed by atoms with Gasteiger partial charge in [0.25, 0.3) is 5.91 Å². The summed E-state index contributed by atoms with van der Waals surface area (Å²) in [4.78, 5) is 29.6. The summed E-state index contributed by atoms with van der Waals surface area (Å²) in [7, 11) is 4.19. The van der Waals surface area contributed by atoms with E-state index < -0.39 is 0 Å². The van der Waals surface area contributed by atoms with Gasteiger partial charge in [0, 0.05) is 44.1 Å². The number of piperidine rings is 1. The van der Waals surface area contributed by atoms with Gasteiger partial charge in [-0.25, -0.2) is 9.97 Å². The smallest absolute Gasteiger partial charge is 0.274 e. The van der Waals surface area contributed by atoms with Gasteiger partial charge in [0.1, 0.15) is 11.5 Å². The molecule has 1 saturated heterocycles. The minimum atomic E-state index is -0.0229. The van der Waals surface area contributed by atoms with Crippen LogP contribution in [0.2, 0.25) is 0 Å². The molecular formula is C19H28N6O. The third-order valence-corrected chi connectivity index (χ3v) is 4.90. The molecule has 1 fully saturated rings. The van der Waals surface area contributed by atoms with Crippen LogP contribution >= 0.6 is 0 Å². The lowest BCUT2D eigenvalue weighted by molar-refractivity contribution is 0.0703. The standard InChI is InChI=1S/C19H28N6O/c1-15-13-22-17(14-21-15)19(26)25-10-5-16(6-11-25)18-20-7-12-24(18)9-4-8-23(2)3/h7,12-14,16H,4-6,8-11H2,1-3H3. The lowest BCUT2D eigenvalue weighted by Crippen LogP contribution is -2.38. The molecule has 7 nitrogen and oxygen atoms in total. The first-order valence-corrected chi connectivity index (χ1v) is 9.28. The molecule has 1 aliphatic rings. The van der Waals surface area contributed by atoms with E-state index in [9.17, 15) is 4.79 Å². The fourth-order valence-corrected chi connectivity index (χ4v) is 3.43. The molecule has 2 aromatic heterocycles. The molecule has 0 N–H and O–H groups in total. The normalized spacial score (nSPS) is 15.6. The number of carbonyl (C=O) groups excluding carboxylic acids is 1. The summed E-state index contributed by atoms with van der Waals surface area (Å²) in [6, 6.07) is 0. The minimum Gasteiger partial charge on any atom is -0.337 e. The molecule has 140 valence electrons. The predicted octanol–water partition coefficient (Wildman–Crippen LogP) is 1.95. The molecule has 0 aliphatic carbocycles. The van der Waals surface area contributed by atoms with Crippen molar-refractivity contribution >= 4 is 5.91 Å². The van der Waals surface area contributed by atoms with E-state index in [4.69, 9.17) is 0 Å². The van der Waals surface area contributed by atoms with Crippen molar-refractivity contribution in [1.82, 2.24) is 29.3 Å². The van der Waals surface area contributed by atoms with E-state index in [-0.39, 0.29) is 5.91 Å². The summed E-state index contributed by atoms with van der Waals surface area (Å²) in [6.45, 7) is 5.41. The fourth-order valence-electron chi connectivity index (χ4n) is 3.43. The van der Waals surface area contributed by atoms with E-state index in [1.54, 1.807) is 12.4 Å². The molecule has 3 heterocycles. The van der Waals surface area contributed by atoms with Crippen molar-refractivity contribution in [3.05, 3.63) is 42.0 Å². The van der Waals surface area contributed by atoms with Gasteiger partial charge in [-0.2, -0.15) is 0 Å². The largest absolute Gasteiger partial charge is 0.337 e. The molecule has 0 atom stereocenters. The lowest BCUT2D eigenvalue weighted by Gasteiger charge is -2.31. The summed E-state index contributed by atoms with van der Waals surface area (Å²) in [5.41, 5.74) is 1.25. The van der Waals surface area contributed by atoms with Crippen molar-refractivity contribution in [3.8, 4) is 0 Å². The number of aryl methyl sites for hydroxylation is 2. The molecule has 26 heavy (non-hydrogen) atoms. The van der Waals surface area contributed by atoms with Crippen molar-refractivity contribution < 1.29 is 4.79 Å². The SMILES string of the molecule is Cc1cnc(C(=O)N2CCC(c3nccn3CCCN(C)C)CC2)cn1. The second-order valence-corrected chi connectivity index (χ2v) is 7.25. The van der Waals surface area contributed by atoms with Gasteiger partial charge in [0.15, 0.2) is 0 Å². The van der Waals surface area contributed by atoms with Crippen molar-refractivity contribution in [2.45, 2.75) is 38.6 Å². The number of aromatic nitrogens is 4. The first kappa shape index (κ1) is 18.5. The average Bonchev–Trinajstić information content (AvgIpc) is 3.10. The zero-order valence-electron chi connectivity index (χ0n) is 15.9. The van der Waals surface area contributed by atoms with Gasteiger partial charge in [-0.05, 0) is 46.8 Å². The molecule has 0 aromatic carbocycles. The Hall–Kier alpha value is -2.28. The third kappa shape index (κ3) is 4.46. The zero-order valence-corrected chi connectivity index (χ0v) is 15.9. The highest BCUT2D eigenvalue weighted by Gasteiger charge is 2.27. The quantitative estimate of drug-likeness (QED) is 0.791. The summed E-state index contributed by atoms with van der Waals surface area (Å²) in [5.74, 6) is 1.55. The molecule has 0 bridgehead atoms. The van der Waals surface area contributed by atoms with E-state index in [1.807, 2.05) is 18.0 Å². The number of amides is 1. The van der Waals surface area contributed by atoms with Gasteiger partial charge in [-0.3, -0.25) is 9.78 Å². The first-order valence-electron chi connectivity index (χ1n) is 9.28. The Bertz CT molecular complexity index is 716. The second kappa shape index (κ2) is 8.40. The van der Waals surface area contributed by atoms with E-state index in [0.717, 1.165) is 57.0 Å². The van der Waals surface area contributed by atoms with Gasteiger partial charge in [-0.15, -0.1) is 0 Å². The van der Waals surface area contributed by atoms with Crippen LogP contribution in [-0.2, 0) is 6.54 Å². The number of imidazole rings is 1. The molecule has 1 amide bonds. The highest BCUT2D eigenvalue weighted by Crippen LogP contribution is 2.27. The van der Waals surface area contributed by atoms with E-state index in [0.29, 0.717) is 11.6 Å².